The third-order valence-corrected chi connectivity index (χ3v) is 14.0. The highest BCUT2D eigenvalue weighted by atomic mass is 15.0. The maximum atomic E-state index is 2.53. The minimum atomic E-state index is -0.0661. The summed E-state index contributed by atoms with van der Waals surface area (Å²) in [5.74, 6) is 0. The summed E-state index contributed by atoms with van der Waals surface area (Å²) < 4.78 is 5.00. The normalized spacial score (nSPS) is 17.8. The van der Waals surface area contributed by atoms with E-state index in [1.54, 1.807) is 0 Å². The van der Waals surface area contributed by atoms with Crippen molar-refractivity contribution in [3.05, 3.63) is 144 Å². The lowest BCUT2D eigenvalue weighted by Crippen LogP contribution is -2.42. The third kappa shape index (κ3) is 3.45. The first-order valence-electron chi connectivity index (χ1n) is 18.2. The van der Waals surface area contributed by atoms with E-state index in [-0.39, 0.29) is 21.7 Å². The van der Waals surface area contributed by atoms with Crippen LogP contribution in [0.25, 0.3) is 66.1 Å². The zero-order valence-electron chi connectivity index (χ0n) is 30.4. The van der Waals surface area contributed by atoms with E-state index in [0.717, 1.165) is 0 Å². The van der Waals surface area contributed by atoms with Gasteiger partial charge in [-0.1, -0.05) is 116 Å². The number of nitrogens with zero attached hydrogens (tertiary/aromatic N) is 2. The van der Waals surface area contributed by atoms with Gasteiger partial charge in [0, 0.05) is 38.3 Å². The highest BCUT2D eigenvalue weighted by Gasteiger charge is 2.57. The summed E-state index contributed by atoms with van der Waals surface area (Å²) in [6.45, 7) is 19.4. The zero-order chi connectivity index (χ0) is 34.5. The Morgan fingerprint density at radius 2 is 0.920 bits per heavy atom. The topological polar surface area (TPSA) is 9.86 Å². The van der Waals surface area contributed by atoms with Crippen LogP contribution in [-0.4, -0.2) is 9.13 Å². The van der Waals surface area contributed by atoms with Crippen molar-refractivity contribution in [2.24, 2.45) is 5.41 Å². The SMILES string of the molecule is CC1(C)c2ccccc2-c2cc3c4cc(-n5c6ccccc6c6cc7c(cc65)C(C)(C)C(C)(C)C7(C)C)ccc4n(-c4ccccc4)c3cc21. The number of rotatable bonds is 2. The molecule has 246 valence electrons. The zero-order valence-corrected chi connectivity index (χ0v) is 30.4. The molecule has 0 aliphatic heterocycles. The van der Waals surface area contributed by atoms with Crippen LogP contribution < -0.4 is 0 Å². The number of benzene rings is 6. The number of fused-ring (bicyclic) bond motifs is 10. The van der Waals surface area contributed by atoms with Crippen molar-refractivity contribution in [1.82, 2.24) is 9.13 Å². The summed E-state index contributed by atoms with van der Waals surface area (Å²) in [6.07, 6.45) is 0. The van der Waals surface area contributed by atoms with Crippen LogP contribution in [0.15, 0.2) is 121 Å². The van der Waals surface area contributed by atoms with E-state index in [1.165, 1.54) is 88.4 Å². The monoisotopic (exact) mass is 648 g/mol. The molecule has 2 nitrogen and oxygen atoms in total. The van der Waals surface area contributed by atoms with E-state index in [9.17, 15) is 0 Å². The highest BCUT2D eigenvalue weighted by Crippen LogP contribution is 2.62. The molecule has 0 bridgehead atoms. The first kappa shape index (κ1) is 29.8. The molecule has 0 fully saturated rings. The van der Waals surface area contributed by atoms with Gasteiger partial charge in [0.05, 0.1) is 22.1 Å². The van der Waals surface area contributed by atoms with Gasteiger partial charge in [-0.2, -0.15) is 0 Å². The molecule has 2 heterocycles. The van der Waals surface area contributed by atoms with E-state index < -0.39 is 0 Å². The van der Waals surface area contributed by atoms with Crippen molar-refractivity contribution in [3.8, 4) is 22.5 Å². The van der Waals surface area contributed by atoms with Gasteiger partial charge in [0.25, 0.3) is 0 Å². The van der Waals surface area contributed by atoms with Gasteiger partial charge in [-0.25, -0.2) is 0 Å². The predicted octanol–water partition coefficient (Wildman–Crippen LogP) is 12.8. The molecule has 0 radical (unpaired) electrons. The second-order valence-corrected chi connectivity index (χ2v) is 17.1. The molecule has 2 aliphatic carbocycles. The summed E-state index contributed by atoms with van der Waals surface area (Å²) in [7, 11) is 0. The van der Waals surface area contributed by atoms with Gasteiger partial charge < -0.3 is 9.13 Å². The molecular weight excluding hydrogens is 605 g/mol. The molecule has 0 spiro atoms. The first-order chi connectivity index (χ1) is 23.8. The average Bonchev–Trinajstić information content (AvgIpc) is 3.72. The van der Waals surface area contributed by atoms with E-state index in [4.69, 9.17) is 0 Å². The van der Waals surface area contributed by atoms with Crippen molar-refractivity contribution in [2.75, 3.05) is 0 Å². The minimum absolute atomic E-state index is 0.0266. The molecule has 0 atom stereocenters. The van der Waals surface area contributed by atoms with Crippen LogP contribution in [0.4, 0.5) is 0 Å². The number of hydrogen-bond donors (Lipinski definition) is 0. The van der Waals surface area contributed by atoms with E-state index in [1.807, 2.05) is 0 Å². The van der Waals surface area contributed by atoms with Crippen LogP contribution in [-0.2, 0) is 16.2 Å². The number of aromatic nitrogens is 2. The van der Waals surface area contributed by atoms with Gasteiger partial charge in [0.2, 0.25) is 0 Å². The fourth-order valence-electron chi connectivity index (χ4n) is 9.98. The van der Waals surface area contributed by atoms with Crippen molar-refractivity contribution in [1.29, 1.82) is 0 Å². The van der Waals surface area contributed by atoms with Crippen molar-refractivity contribution in [2.45, 2.75) is 71.6 Å². The molecule has 0 amide bonds. The maximum Gasteiger partial charge on any atom is 0.0544 e. The molecule has 8 aromatic rings. The quantitative estimate of drug-likeness (QED) is 0.177. The van der Waals surface area contributed by atoms with Crippen LogP contribution >= 0.6 is 0 Å². The highest BCUT2D eigenvalue weighted by molar-refractivity contribution is 6.14. The van der Waals surface area contributed by atoms with Crippen LogP contribution in [0.3, 0.4) is 0 Å². The molecule has 2 aliphatic rings. The predicted molar refractivity (Wildman–Crippen MR) is 213 cm³/mol. The summed E-state index contributed by atoms with van der Waals surface area (Å²) in [6, 6.07) is 46.0. The second-order valence-electron chi connectivity index (χ2n) is 17.1. The lowest BCUT2D eigenvalue weighted by molar-refractivity contribution is 0.125. The largest absolute Gasteiger partial charge is 0.309 e. The molecule has 0 unspecified atom stereocenters. The van der Waals surface area contributed by atoms with Gasteiger partial charge in [-0.15, -0.1) is 0 Å². The van der Waals surface area contributed by atoms with Gasteiger partial charge >= 0.3 is 0 Å². The molecule has 0 saturated heterocycles. The Hall–Kier alpha value is -5.08. The molecule has 0 N–H and O–H groups in total. The summed E-state index contributed by atoms with van der Waals surface area (Å²) in [4.78, 5) is 0. The molecule has 2 heteroatoms. The second kappa shape index (κ2) is 9.37. The van der Waals surface area contributed by atoms with Crippen LogP contribution in [0.5, 0.6) is 0 Å². The van der Waals surface area contributed by atoms with Crippen LogP contribution in [0.1, 0.15) is 77.6 Å². The third-order valence-electron chi connectivity index (χ3n) is 14.0. The Labute approximate surface area is 295 Å². The van der Waals surface area contributed by atoms with E-state index in [2.05, 4.69) is 186 Å². The summed E-state index contributed by atoms with van der Waals surface area (Å²) in [5, 5.41) is 5.22. The van der Waals surface area contributed by atoms with Crippen molar-refractivity contribution >= 4 is 43.6 Å². The standard InChI is InChI=1S/C48H44N2/c1-45(2)37-20-14-12-18-31(37)33-25-35-34-24-30(22-23-42(34)49(43(35)27-38(33)45)29-16-10-9-11-17-29)50-41-21-15-13-19-32(41)36-26-39-40(28-44(36)50)47(5,6)48(7,8)46(39,3)4/h9-28H,1-8H3. The summed E-state index contributed by atoms with van der Waals surface area (Å²) in [5.41, 5.74) is 16.0. The smallest absolute Gasteiger partial charge is 0.0544 e. The lowest BCUT2D eigenvalue weighted by Gasteiger charge is -2.44. The summed E-state index contributed by atoms with van der Waals surface area (Å²) >= 11 is 0. The molecule has 2 aromatic heterocycles. The number of hydrogen-bond acceptors (Lipinski definition) is 0. The fraction of sp³-hybridized carbons (Fsp3) is 0.250. The maximum absolute atomic E-state index is 2.53. The van der Waals surface area contributed by atoms with E-state index in [0.29, 0.717) is 0 Å². The van der Waals surface area contributed by atoms with Crippen LogP contribution in [0, 0.1) is 5.41 Å². The van der Waals surface area contributed by atoms with Gasteiger partial charge in [-0.3, -0.25) is 0 Å². The lowest BCUT2D eigenvalue weighted by atomic mass is 9.59. The Bertz CT molecular complexity index is 2740. The van der Waals surface area contributed by atoms with Crippen LogP contribution in [0.2, 0.25) is 0 Å². The molecule has 10 rings (SSSR count). The van der Waals surface area contributed by atoms with E-state index >= 15 is 0 Å². The van der Waals surface area contributed by atoms with Gasteiger partial charge in [0.1, 0.15) is 0 Å². The average molecular weight is 649 g/mol. The first-order valence-corrected chi connectivity index (χ1v) is 18.2. The Morgan fingerprint density at radius 1 is 0.360 bits per heavy atom. The Kier molecular flexibility index (Phi) is 5.59. The molecular formula is C48H44N2. The number of para-hydroxylation sites is 2. The molecule has 6 aromatic carbocycles. The molecule has 50 heavy (non-hydrogen) atoms. The van der Waals surface area contributed by atoms with Gasteiger partial charge in [-0.05, 0) is 110 Å². The van der Waals surface area contributed by atoms with Gasteiger partial charge in [0.15, 0.2) is 0 Å². The minimum Gasteiger partial charge on any atom is -0.309 e. The Balaban J connectivity index is 1.30. The van der Waals surface area contributed by atoms with Crippen molar-refractivity contribution < 1.29 is 0 Å². The Morgan fingerprint density at radius 3 is 1.68 bits per heavy atom. The molecule has 0 saturated carbocycles. The fourth-order valence-corrected chi connectivity index (χ4v) is 9.98. The van der Waals surface area contributed by atoms with Crippen molar-refractivity contribution in [3.63, 3.8) is 0 Å².